The minimum Gasteiger partial charge on any atom is -0.310 e. The molecule has 0 aliphatic rings. The fraction of sp³-hybridized carbons (Fsp3) is 0.400. The van der Waals surface area contributed by atoms with E-state index in [1.165, 1.54) is 4.68 Å². The van der Waals surface area contributed by atoms with Crippen molar-refractivity contribution in [2.24, 2.45) is 0 Å². The summed E-state index contributed by atoms with van der Waals surface area (Å²) in [5, 5.41) is 7.15. The molecule has 1 aromatic heterocycles. The number of rotatable bonds is 5. The zero-order valence-electron chi connectivity index (χ0n) is 12.0. The molecule has 21 heavy (non-hydrogen) atoms. The molecule has 1 unspecified atom stereocenters. The Labute approximate surface area is 121 Å². The minimum atomic E-state index is -4.37. The van der Waals surface area contributed by atoms with Crippen LogP contribution in [0.4, 0.5) is 13.2 Å². The summed E-state index contributed by atoms with van der Waals surface area (Å²) in [7, 11) is 0. The Morgan fingerprint density at radius 1 is 1.29 bits per heavy atom. The number of benzene rings is 1. The second-order valence-electron chi connectivity index (χ2n) is 4.78. The van der Waals surface area contributed by atoms with Crippen molar-refractivity contribution in [3.63, 3.8) is 0 Å². The van der Waals surface area contributed by atoms with Gasteiger partial charge >= 0.3 is 6.18 Å². The second-order valence-corrected chi connectivity index (χ2v) is 4.78. The summed E-state index contributed by atoms with van der Waals surface area (Å²) < 4.78 is 39.1. The molecule has 0 saturated heterocycles. The Morgan fingerprint density at radius 3 is 2.62 bits per heavy atom. The van der Waals surface area contributed by atoms with Gasteiger partial charge in [-0.2, -0.15) is 18.3 Å². The molecular formula is C15H18F3N3. The van der Waals surface area contributed by atoms with Crippen molar-refractivity contribution in [1.29, 1.82) is 0 Å². The van der Waals surface area contributed by atoms with E-state index in [1.807, 2.05) is 25.1 Å². The van der Waals surface area contributed by atoms with Crippen molar-refractivity contribution in [2.75, 3.05) is 6.54 Å². The zero-order chi connectivity index (χ0) is 15.5. The number of nitrogens with one attached hydrogen (secondary N) is 1. The number of hydrogen-bond donors (Lipinski definition) is 1. The van der Waals surface area contributed by atoms with E-state index in [-0.39, 0.29) is 6.04 Å². The van der Waals surface area contributed by atoms with E-state index in [9.17, 15) is 13.2 Å². The summed E-state index contributed by atoms with van der Waals surface area (Å²) in [5.41, 5.74) is 0.923. The molecule has 3 nitrogen and oxygen atoms in total. The van der Waals surface area contributed by atoms with Crippen LogP contribution in [0.5, 0.6) is 0 Å². The van der Waals surface area contributed by atoms with E-state index in [4.69, 9.17) is 0 Å². The number of hydrogen-bond acceptors (Lipinski definition) is 2. The van der Waals surface area contributed by atoms with Crippen LogP contribution in [0.3, 0.4) is 0 Å². The summed E-state index contributed by atoms with van der Waals surface area (Å²) in [6.45, 7) is 4.92. The quantitative estimate of drug-likeness (QED) is 0.905. The van der Waals surface area contributed by atoms with Crippen LogP contribution >= 0.6 is 0 Å². The fourth-order valence-corrected chi connectivity index (χ4v) is 2.24. The van der Waals surface area contributed by atoms with Gasteiger partial charge in [-0.05, 0) is 30.7 Å². The normalized spacial score (nSPS) is 13.4. The van der Waals surface area contributed by atoms with Crippen LogP contribution in [0.1, 0.15) is 37.4 Å². The third-order valence-corrected chi connectivity index (χ3v) is 3.31. The Morgan fingerprint density at radius 2 is 2.05 bits per heavy atom. The highest BCUT2D eigenvalue weighted by Gasteiger charge is 2.32. The number of nitrogens with zero attached hydrogens (tertiary/aromatic N) is 2. The van der Waals surface area contributed by atoms with Gasteiger partial charge in [0.25, 0.3) is 0 Å². The molecule has 0 fully saturated rings. The molecule has 2 aromatic rings. The highest BCUT2D eigenvalue weighted by Crippen LogP contribution is 2.29. The van der Waals surface area contributed by atoms with E-state index in [0.29, 0.717) is 5.69 Å². The molecule has 0 amide bonds. The first-order chi connectivity index (χ1) is 9.95. The molecule has 1 atom stereocenters. The molecule has 6 heteroatoms. The summed E-state index contributed by atoms with van der Waals surface area (Å²) >= 11 is 0. The highest BCUT2D eigenvalue weighted by molar-refractivity contribution is 5.37. The minimum absolute atomic E-state index is 0.188. The van der Waals surface area contributed by atoms with E-state index < -0.39 is 11.7 Å². The maximum atomic E-state index is 12.6. The standard InChI is InChI=1S/C15H18F3N3/c1-3-14(19-4-2)11-6-5-7-13(8-11)21-10-12(9-20-21)15(16,17)18/h5-10,14,19H,3-4H2,1-2H3. The Bertz CT molecular complexity index is 590. The lowest BCUT2D eigenvalue weighted by atomic mass is 10.0. The zero-order valence-corrected chi connectivity index (χ0v) is 12.0. The summed E-state index contributed by atoms with van der Waals surface area (Å²) in [6, 6.07) is 7.60. The van der Waals surface area contributed by atoms with Crippen LogP contribution in [-0.4, -0.2) is 16.3 Å². The van der Waals surface area contributed by atoms with Gasteiger partial charge in [0.1, 0.15) is 0 Å². The molecule has 1 aromatic carbocycles. The van der Waals surface area contributed by atoms with Crippen molar-refractivity contribution in [2.45, 2.75) is 32.5 Å². The predicted molar refractivity (Wildman–Crippen MR) is 75.3 cm³/mol. The van der Waals surface area contributed by atoms with Gasteiger partial charge in [0.2, 0.25) is 0 Å². The second kappa shape index (κ2) is 6.30. The van der Waals surface area contributed by atoms with Crippen LogP contribution < -0.4 is 5.32 Å². The van der Waals surface area contributed by atoms with Gasteiger partial charge in [0.15, 0.2) is 0 Å². The predicted octanol–water partition coefficient (Wildman–Crippen LogP) is 3.95. The largest absolute Gasteiger partial charge is 0.419 e. The van der Waals surface area contributed by atoms with Crippen LogP contribution in [0.2, 0.25) is 0 Å². The molecule has 0 radical (unpaired) electrons. The summed E-state index contributed by atoms with van der Waals surface area (Å²) in [6.07, 6.45) is -1.61. The van der Waals surface area contributed by atoms with E-state index in [1.54, 1.807) is 6.07 Å². The van der Waals surface area contributed by atoms with E-state index in [2.05, 4.69) is 17.3 Å². The number of halogens is 3. The monoisotopic (exact) mass is 297 g/mol. The van der Waals surface area contributed by atoms with Crippen molar-refractivity contribution in [1.82, 2.24) is 15.1 Å². The molecular weight excluding hydrogens is 279 g/mol. The molecule has 114 valence electrons. The molecule has 0 bridgehead atoms. The van der Waals surface area contributed by atoms with Crippen molar-refractivity contribution < 1.29 is 13.2 Å². The lowest BCUT2D eigenvalue weighted by molar-refractivity contribution is -0.137. The Hall–Kier alpha value is -1.82. The van der Waals surface area contributed by atoms with Gasteiger partial charge in [-0.1, -0.05) is 26.0 Å². The van der Waals surface area contributed by atoms with Crippen molar-refractivity contribution in [3.8, 4) is 5.69 Å². The first-order valence-electron chi connectivity index (χ1n) is 6.91. The molecule has 0 aliphatic heterocycles. The van der Waals surface area contributed by atoms with Gasteiger partial charge in [0.05, 0.1) is 17.4 Å². The summed E-state index contributed by atoms with van der Waals surface area (Å²) in [4.78, 5) is 0. The van der Waals surface area contributed by atoms with Crippen LogP contribution in [0, 0.1) is 0 Å². The third-order valence-electron chi connectivity index (χ3n) is 3.31. The van der Waals surface area contributed by atoms with Gasteiger partial charge in [0, 0.05) is 12.2 Å². The molecule has 1 N–H and O–H groups in total. The van der Waals surface area contributed by atoms with E-state index in [0.717, 1.165) is 30.9 Å². The third kappa shape index (κ3) is 3.64. The molecule has 2 rings (SSSR count). The smallest absolute Gasteiger partial charge is 0.310 e. The first kappa shape index (κ1) is 15.6. The van der Waals surface area contributed by atoms with Crippen LogP contribution in [-0.2, 0) is 6.18 Å². The molecule has 1 heterocycles. The topological polar surface area (TPSA) is 29.9 Å². The highest BCUT2D eigenvalue weighted by atomic mass is 19.4. The molecule has 0 aliphatic carbocycles. The molecule has 0 spiro atoms. The van der Waals surface area contributed by atoms with Crippen LogP contribution in [0.25, 0.3) is 5.69 Å². The number of alkyl halides is 3. The Kier molecular flexibility index (Phi) is 4.67. The van der Waals surface area contributed by atoms with Gasteiger partial charge < -0.3 is 5.32 Å². The first-order valence-corrected chi connectivity index (χ1v) is 6.91. The van der Waals surface area contributed by atoms with Gasteiger partial charge in [-0.15, -0.1) is 0 Å². The maximum absolute atomic E-state index is 12.6. The SMILES string of the molecule is CCNC(CC)c1cccc(-n2cc(C(F)(F)F)cn2)c1. The number of aromatic nitrogens is 2. The fourth-order valence-electron chi connectivity index (χ4n) is 2.24. The van der Waals surface area contributed by atoms with Crippen LogP contribution in [0.15, 0.2) is 36.7 Å². The van der Waals surface area contributed by atoms with E-state index >= 15 is 0 Å². The van der Waals surface area contributed by atoms with Gasteiger partial charge in [-0.25, -0.2) is 4.68 Å². The van der Waals surface area contributed by atoms with Gasteiger partial charge in [-0.3, -0.25) is 0 Å². The average Bonchev–Trinajstić information content (AvgIpc) is 2.95. The van der Waals surface area contributed by atoms with Crippen molar-refractivity contribution >= 4 is 0 Å². The maximum Gasteiger partial charge on any atom is 0.419 e. The lowest BCUT2D eigenvalue weighted by Crippen LogP contribution is -2.20. The van der Waals surface area contributed by atoms with Crippen molar-refractivity contribution in [3.05, 3.63) is 47.8 Å². The molecule has 0 saturated carbocycles. The average molecular weight is 297 g/mol. The summed E-state index contributed by atoms with van der Waals surface area (Å²) in [5.74, 6) is 0. The Balaban J connectivity index is 2.30. The lowest BCUT2D eigenvalue weighted by Gasteiger charge is -2.17.